The Morgan fingerprint density at radius 1 is 1.06 bits per heavy atom. The fourth-order valence-electron chi connectivity index (χ4n) is 4.25. The first-order valence-electron chi connectivity index (χ1n) is 10.9. The number of carbonyl (C=O) groups is 2. The molecule has 172 valence electrons. The van der Waals surface area contributed by atoms with Gasteiger partial charge in [0.25, 0.3) is 0 Å². The molecule has 0 bridgehead atoms. The van der Waals surface area contributed by atoms with Crippen LogP contribution in [0.1, 0.15) is 43.6 Å². The zero-order valence-corrected chi connectivity index (χ0v) is 19.3. The lowest BCUT2D eigenvalue weighted by molar-refractivity contribution is -0.119. The highest BCUT2D eigenvalue weighted by Gasteiger charge is 2.35. The fourth-order valence-corrected chi connectivity index (χ4v) is 4.63. The van der Waals surface area contributed by atoms with Gasteiger partial charge in [-0.1, -0.05) is 60.7 Å². The number of hydrogen-bond acceptors (Lipinski definition) is 3. The first-order valence-corrected chi connectivity index (χ1v) is 11.7. The Morgan fingerprint density at radius 3 is 2.53 bits per heavy atom. The van der Waals surface area contributed by atoms with E-state index in [1.807, 2.05) is 0 Å². The Bertz CT molecular complexity index is 922. The molecule has 2 amide bonds. The highest BCUT2D eigenvalue weighted by atomic mass is 35.5. The van der Waals surface area contributed by atoms with Crippen molar-refractivity contribution in [1.82, 2.24) is 10.6 Å². The molecule has 1 saturated heterocycles. The minimum absolute atomic E-state index is 0.0726. The van der Waals surface area contributed by atoms with Gasteiger partial charge in [0.2, 0.25) is 12.3 Å². The summed E-state index contributed by atoms with van der Waals surface area (Å²) in [6.07, 6.45) is 7.08. The first kappa shape index (κ1) is 24.5. The molecule has 2 aliphatic rings. The molecule has 2 unspecified atom stereocenters. The first-order chi connectivity index (χ1) is 15.5. The van der Waals surface area contributed by atoms with Gasteiger partial charge in [-0.15, -0.1) is 0 Å². The predicted octanol–water partition coefficient (Wildman–Crippen LogP) is 5.14. The summed E-state index contributed by atoms with van der Waals surface area (Å²) in [4.78, 5) is 22.5. The van der Waals surface area contributed by atoms with Crippen LogP contribution in [0.15, 0.2) is 42.5 Å². The maximum atomic E-state index is 14.3. The van der Waals surface area contributed by atoms with E-state index in [1.54, 1.807) is 36.4 Å². The summed E-state index contributed by atoms with van der Waals surface area (Å²) in [6, 6.07) is 12.3. The van der Waals surface area contributed by atoms with Crippen LogP contribution in [0.25, 0.3) is 0 Å². The highest BCUT2D eigenvalue weighted by molar-refractivity contribution is 6.31. The van der Waals surface area contributed by atoms with Crippen molar-refractivity contribution < 1.29 is 14.0 Å². The normalized spacial score (nSPS) is 20.7. The van der Waals surface area contributed by atoms with Crippen LogP contribution in [0.2, 0.25) is 10.0 Å². The Labute approximate surface area is 198 Å². The molecule has 3 N–H and O–H groups in total. The number of nitrogens with one attached hydrogen (secondary N) is 3. The molecule has 1 aliphatic carbocycles. The molecule has 2 fully saturated rings. The number of anilines is 1. The minimum Gasteiger partial charge on any atom is -0.356 e. The molecule has 2 aromatic carbocycles. The second-order valence-electron chi connectivity index (χ2n) is 8.13. The number of hydrogen-bond donors (Lipinski definition) is 3. The van der Waals surface area contributed by atoms with Gasteiger partial charge in [0.1, 0.15) is 5.82 Å². The molecule has 2 aromatic rings. The molecular formula is C24H28Cl2FN3O2. The zero-order chi connectivity index (χ0) is 22.9. The average molecular weight is 480 g/mol. The summed E-state index contributed by atoms with van der Waals surface area (Å²) >= 11 is 11.8. The van der Waals surface area contributed by atoms with Gasteiger partial charge >= 0.3 is 0 Å². The van der Waals surface area contributed by atoms with Gasteiger partial charge in [-0.05, 0) is 42.7 Å². The van der Waals surface area contributed by atoms with Crippen molar-refractivity contribution >= 4 is 41.2 Å². The maximum absolute atomic E-state index is 14.3. The fraction of sp³-hybridized carbons (Fsp3) is 0.417. The van der Waals surface area contributed by atoms with Gasteiger partial charge in [-0.25, -0.2) is 4.39 Å². The van der Waals surface area contributed by atoms with Gasteiger partial charge in [0.15, 0.2) is 0 Å². The quantitative estimate of drug-likeness (QED) is 0.519. The van der Waals surface area contributed by atoms with Crippen molar-refractivity contribution in [2.75, 3.05) is 18.4 Å². The predicted molar refractivity (Wildman–Crippen MR) is 127 cm³/mol. The lowest BCUT2D eigenvalue weighted by Gasteiger charge is -2.19. The van der Waals surface area contributed by atoms with Gasteiger partial charge in [0.05, 0.1) is 10.9 Å². The minimum atomic E-state index is -0.455. The van der Waals surface area contributed by atoms with Crippen molar-refractivity contribution in [3.8, 4) is 0 Å². The van der Waals surface area contributed by atoms with Crippen LogP contribution >= 0.6 is 23.2 Å². The Kier molecular flexibility index (Phi) is 9.33. The molecule has 0 spiro atoms. The van der Waals surface area contributed by atoms with Gasteiger partial charge < -0.3 is 16.0 Å². The van der Waals surface area contributed by atoms with Crippen LogP contribution in [0, 0.1) is 11.7 Å². The average Bonchev–Trinajstić information content (AvgIpc) is 3.27. The summed E-state index contributed by atoms with van der Waals surface area (Å²) in [5, 5.41) is 9.41. The third kappa shape index (κ3) is 6.67. The highest BCUT2D eigenvalue weighted by Crippen LogP contribution is 2.33. The SMILES string of the molecule is O=C(Nc1cccc(Cl)c1)C1CNCC1c1cccc(Cl)c1F.O=CNC1CCCCC1. The standard InChI is InChI=1S/C17H15Cl2FN2O.C7H13NO/c18-10-3-1-4-11(7-10)22-17(23)14-9-21-8-13(14)12-5-2-6-15(19)16(12)20;9-6-8-7-4-2-1-3-5-7/h1-7,13-14,21H,8-9H2,(H,22,23);6-7H,1-5H2,(H,8,9). The third-order valence-electron chi connectivity index (χ3n) is 5.93. The smallest absolute Gasteiger partial charge is 0.229 e. The van der Waals surface area contributed by atoms with E-state index in [4.69, 9.17) is 23.2 Å². The van der Waals surface area contributed by atoms with Crippen LogP contribution in [0.3, 0.4) is 0 Å². The van der Waals surface area contributed by atoms with Crippen LogP contribution in [0.5, 0.6) is 0 Å². The molecule has 1 saturated carbocycles. The Balaban J connectivity index is 0.000000269. The van der Waals surface area contributed by atoms with E-state index < -0.39 is 5.82 Å². The van der Waals surface area contributed by atoms with Crippen molar-refractivity contribution in [1.29, 1.82) is 0 Å². The summed E-state index contributed by atoms with van der Waals surface area (Å²) in [5.41, 5.74) is 1.09. The van der Waals surface area contributed by atoms with Gasteiger partial charge in [0, 0.05) is 35.8 Å². The molecule has 1 heterocycles. The second kappa shape index (κ2) is 12.2. The molecule has 1 aliphatic heterocycles. The van der Waals surface area contributed by atoms with Crippen molar-refractivity contribution in [2.45, 2.75) is 44.1 Å². The maximum Gasteiger partial charge on any atom is 0.229 e. The van der Waals surface area contributed by atoms with Crippen LogP contribution in [-0.4, -0.2) is 31.4 Å². The summed E-state index contributed by atoms with van der Waals surface area (Å²) < 4.78 is 14.3. The third-order valence-corrected chi connectivity index (χ3v) is 6.46. The number of carbonyl (C=O) groups excluding carboxylic acids is 2. The molecule has 32 heavy (non-hydrogen) atoms. The van der Waals surface area contributed by atoms with Crippen LogP contribution < -0.4 is 16.0 Å². The summed E-state index contributed by atoms with van der Waals surface area (Å²) in [7, 11) is 0. The van der Waals surface area contributed by atoms with E-state index in [9.17, 15) is 14.0 Å². The largest absolute Gasteiger partial charge is 0.356 e. The molecule has 2 atom stereocenters. The van der Waals surface area contributed by atoms with Crippen LogP contribution in [-0.2, 0) is 9.59 Å². The summed E-state index contributed by atoms with van der Waals surface area (Å²) in [5.74, 6) is -1.25. The topological polar surface area (TPSA) is 70.2 Å². The monoisotopic (exact) mass is 479 g/mol. The molecule has 0 aromatic heterocycles. The van der Waals surface area contributed by atoms with E-state index in [0.29, 0.717) is 35.4 Å². The Morgan fingerprint density at radius 2 is 1.81 bits per heavy atom. The lowest BCUT2D eigenvalue weighted by Crippen LogP contribution is -2.29. The Hall–Kier alpha value is -2.15. The van der Waals surface area contributed by atoms with E-state index in [-0.39, 0.29) is 22.8 Å². The van der Waals surface area contributed by atoms with E-state index in [2.05, 4.69) is 16.0 Å². The summed E-state index contributed by atoms with van der Waals surface area (Å²) in [6.45, 7) is 1.02. The number of benzene rings is 2. The molecule has 8 heteroatoms. The molecular weight excluding hydrogens is 452 g/mol. The number of rotatable bonds is 5. The van der Waals surface area contributed by atoms with Gasteiger partial charge in [-0.2, -0.15) is 0 Å². The number of halogens is 3. The second-order valence-corrected chi connectivity index (χ2v) is 8.98. The van der Waals surface area contributed by atoms with Crippen molar-refractivity contribution in [3.63, 3.8) is 0 Å². The van der Waals surface area contributed by atoms with E-state index in [1.165, 1.54) is 38.2 Å². The van der Waals surface area contributed by atoms with Crippen molar-refractivity contribution in [3.05, 3.63) is 63.9 Å². The van der Waals surface area contributed by atoms with E-state index in [0.717, 1.165) is 6.41 Å². The van der Waals surface area contributed by atoms with Gasteiger partial charge in [-0.3, -0.25) is 9.59 Å². The lowest BCUT2D eigenvalue weighted by atomic mass is 9.88. The zero-order valence-electron chi connectivity index (χ0n) is 17.8. The van der Waals surface area contributed by atoms with Crippen molar-refractivity contribution in [2.24, 2.45) is 5.92 Å². The van der Waals surface area contributed by atoms with E-state index >= 15 is 0 Å². The molecule has 4 rings (SSSR count). The molecule has 0 radical (unpaired) electrons. The van der Waals surface area contributed by atoms with Crippen LogP contribution in [0.4, 0.5) is 10.1 Å². The molecule has 5 nitrogen and oxygen atoms in total. The number of amides is 2.